The third kappa shape index (κ3) is 2.63. The van der Waals surface area contributed by atoms with Gasteiger partial charge in [-0.1, -0.05) is 12.8 Å². The summed E-state index contributed by atoms with van der Waals surface area (Å²) >= 11 is 0. The van der Waals surface area contributed by atoms with E-state index in [2.05, 4.69) is 11.8 Å². The van der Waals surface area contributed by atoms with E-state index in [4.69, 9.17) is 11.5 Å². The number of hydrogen-bond acceptors (Lipinski definition) is 3. The number of likely N-dealkylation sites (tertiary alicyclic amines) is 1. The number of hydrogen-bond donors (Lipinski definition) is 2. The lowest BCUT2D eigenvalue weighted by atomic mass is 9.98. The summed E-state index contributed by atoms with van der Waals surface area (Å²) in [5.41, 5.74) is 10.7. The molecule has 1 heterocycles. The SMILES string of the molecule is CC1CCCCCN1C1CCC(N)(C(N)=O)C1. The molecule has 1 saturated carbocycles. The Hall–Kier alpha value is -0.610. The van der Waals surface area contributed by atoms with E-state index >= 15 is 0 Å². The van der Waals surface area contributed by atoms with Crippen molar-refractivity contribution in [3.8, 4) is 0 Å². The van der Waals surface area contributed by atoms with Crippen molar-refractivity contribution in [3.63, 3.8) is 0 Å². The maximum absolute atomic E-state index is 11.4. The average molecular weight is 239 g/mol. The van der Waals surface area contributed by atoms with Gasteiger partial charge in [0.25, 0.3) is 0 Å². The molecule has 0 spiro atoms. The molecule has 2 rings (SSSR count). The highest BCUT2D eigenvalue weighted by atomic mass is 16.1. The number of amides is 1. The van der Waals surface area contributed by atoms with Crippen molar-refractivity contribution >= 4 is 5.91 Å². The fourth-order valence-electron chi connectivity index (χ4n) is 3.40. The molecule has 0 radical (unpaired) electrons. The van der Waals surface area contributed by atoms with Gasteiger partial charge in [-0.3, -0.25) is 9.69 Å². The van der Waals surface area contributed by atoms with Crippen molar-refractivity contribution in [2.45, 2.75) is 69.5 Å². The maximum atomic E-state index is 11.4. The predicted octanol–water partition coefficient (Wildman–Crippen LogP) is 0.986. The summed E-state index contributed by atoms with van der Waals surface area (Å²) in [6, 6.07) is 1.08. The molecule has 98 valence electrons. The maximum Gasteiger partial charge on any atom is 0.237 e. The average Bonchev–Trinajstić information content (AvgIpc) is 2.54. The number of rotatable bonds is 2. The van der Waals surface area contributed by atoms with Crippen LogP contribution in [0.2, 0.25) is 0 Å². The van der Waals surface area contributed by atoms with Crippen LogP contribution in [0, 0.1) is 0 Å². The van der Waals surface area contributed by atoms with Crippen LogP contribution in [0.4, 0.5) is 0 Å². The van der Waals surface area contributed by atoms with Gasteiger partial charge >= 0.3 is 0 Å². The minimum absolute atomic E-state index is 0.331. The smallest absolute Gasteiger partial charge is 0.237 e. The lowest BCUT2D eigenvalue weighted by Crippen LogP contribution is -2.51. The molecular formula is C13H25N3O. The Balaban J connectivity index is 2.01. The van der Waals surface area contributed by atoms with Gasteiger partial charge in [0.15, 0.2) is 0 Å². The molecular weight excluding hydrogens is 214 g/mol. The third-order valence-electron chi connectivity index (χ3n) is 4.59. The molecule has 3 atom stereocenters. The first-order valence-corrected chi connectivity index (χ1v) is 6.87. The molecule has 0 aromatic carbocycles. The van der Waals surface area contributed by atoms with Crippen LogP contribution in [-0.4, -0.2) is 35.0 Å². The Morgan fingerprint density at radius 2 is 2.06 bits per heavy atom. The second kappa shape index (κ2) is 4.94. The minimum atomic E-state index is -0.753. The number of carbonyl (C=O) groups excluding carboxylic acids is 1. The van der Waals surface area contributed by atoms with Gasteiger partial charge in [0.05, 0.1) is 5.54 Å². The van der Waals surface area contributed by atoms with Gasteiger partial charge in [0.2, 0.25) is 5.91 Å². The Morgan fingerprint density at radius 3 is 2.71 bits per heavy atom. The number of nitrogens with two attached hydrogens (primary N) is 2. The van der Waals surface area contributed by atoms with E-state index in [0.29, 0.717) is 12.1 Å². The molecule has 2 aliphatic rings. The van der Waals surface area contributed by atoms with Crippen molar-refractivity contribution in [3.05, 3.63) is 0 Å². The highest BCUT2D eigenvalue weighted by Crippen LogP contribution is 2.33. The zero-order valence-corrected chi connectivity index (χ0v) is 10.8. The standard InChI is InChI=1S/C13H25N3O/c1-10-5-3-2-4-8-16(10)11-6-7-13(15,9-11)12(14)17/h10-11H,2-9,15H2,1H3,(H2,14,17). The van der Waals surface area contributed by atoms with E-state index in [-0.39, 0.29) is 5.91 Å². The molecule has 4 nitrogen and oxygen atoms in total. The first-order chi connectivity index (χ1) is 8.03. The van der Waals surface area contributed by atoms with Gasteiger partial charge in [-0.05, 0) is 45.6 Å². The van der Waals surface area contributed by atoms with Gasteiger partial charge in [-0.25, -0.2) is 0 Å². The van der Waals surface area contributed by atoms with Crippen LogP contribution >= 0.6 is 0 Å². The Bertz CT molecular complexity index is 294. The topological polar surface area (TPSA) is 72.3 Å². The second-order valence-corrected chi connectivity index (χ2v) is 5.85. The first kappa shape index (κ1) is 12.8. The van der Waals surface area contributed by atoms with Crippen LogP contribution in [0.25, 0.3) is 0 Å². The first-order valence-electron chi connectivity index (χ1n) is 6.87. The predicted molar refractivity (Wildman–Crippen MR) is 68.4 cm³/mol. The molecule has 17 heavy (non-hydrogen) atoms. The van der Waals surface area contributed by atoms with Crippen LogP contribution in [-0.2, 0) is 4.79 Å². The molecule has 0 aromatic heterocycles. The van der Waals surface area contributed by atoms with Gasteiger partial charge in [0.1, 0.15) is 0 Å². The number of primary amides is 1. The Labute approximate surface area is 104 Å². The second-order valence-electron chi connectivity index (χ2n) is 5.85. The third-order valence-corrected chi connectivity index (χ3v) is 4.59. The van der Waals surface area contributed by atoms with E-state index in [9.17, 15) is 4.79 Å². The lowest BCUT2D eigenvalue weighted by molar-refractivity contribution is -0.123. The van der Waals surface area contributed by atoms with E-state index in [1.807, 2.05) is 0 Å². The molecule has 1 aliphatic carbocycles. The van der Waals surface area contributed by atoms with Gasteiger partial charge in [0, 0.05) is 12.1 Å². The molecule has 4 N–H and O–H groups in total. The summed E-state index contributed by atoms with van der Waals surface area (Å²) in [4.78, 5) is 13.9. The number of carbonyl (C=O) groups is 1. The minimum Gasteiger partial charge on any atom is -0.368 e. The molecule has 1 aliphatic heterocycles. The normalized spacial score (nSPS) is 40.1. The monoisotopic (exact) mass is 239 g/mol. The molecule has 1 amide bonds. The highest BCUT2D eigenvalue weighted by molar-refractivity contribution is 5.84. The quantitative estimate of drug-likeness (QED) is 0.754. The highest BCUT2D eigenvalue weighted by Gasteiger charge is 2.43. The zero-order valence-electron chi connectivity index (χ0n) is 10.8. The number of nitrogens with zero attached hydrogens (tertiary/aromatic N) is 1. The molecule has 0 aromatic rings. The van der Waals surface area contributed by atoms with Crippen molar-refractivity contribution in [1.29, 1.82) is 0 Å². The van der Waals surface area contributed by atoms with E-state index in [1.165, 1.54) is 25.7 Å². The van der Waals surface area contributed by atoms with Crippen LogP contribution in [0.3, 0.4) is 0 Å². The summed E-state index contributed by atoms with van der Waals surface area (Å²) in [7, 11) is 0. The van der Waals surface area contributed by atoms with E-state index < -0.39 is 5.54 Å². The van der Waals surface area contributed by atoms with Crippen LogP contribution in [0.5, 0.6) is 0 Å². The fourth-order valence-corrected chi connectivity index (χ4v) is 3.40. The molecule has 2 fully saturated rings. The lowest BCUT2D eigenvalue weighted by Gasteiger charge is -2.33. The Morgan fingerprint density at radius 1 is 1.29 bits per heavy atom. The van der Waals surface area contributed by atoms with Crippen LogP contribution in [0.15, 0.2) is 0 Å². The molecule has 1 saturated heterocycles. The van der Waals surface area contributed by atoms with Crippen molar-refractivity contribution in [2.75, 3.05) is 6.54 Å². The summed E-state index contributed by atoms with van der Waals surface area (Å²) in [5, 5.41) is 0. The van der Waals surface area contributed by atoms with Crippen molar-refractivity contribution in [1.82, 2.24) is 4.90 Å². The summed E-state index contributed by atoms with van der Waals surface area (Å²) < 4.78 is 0. The molecule has 0 bridgehead atoms. The van der Waals surface area contributed by atoms with Gasteiger partial charge < -0.3 is 11.5 Å². The van der Waals surface area contributed by atoms with Gasteiger partial charge in [-0.15, -0.1) is 0 Å². The summed E-state index contributed by atoms with van der Waals surface area (Å²) in [5.74, 6) is -0.331. The molecule has 3 unspecified atom stereocenters. The summed E-state index contributed by atoms with van der Waals surface area (Å²) in [6.07, 6.45) is 7.71. The van der Waals surface area contributed by atoms with Crippen molar-refractivity contribution in [2.24, 2.45) is 11.5 Å². The van der Waals surface area contributed by atoms with E-state index in [0.717, 1.165) is 25.8 Å². The molecule has 4 heteroatoms. The van der Waals surface area contributed by atoms with Crippen molar-refractivity contribution < 1.29 is 4.79 Å². The zero-order chi connectivity index (χ0) is 12.5. The Kier molecular flexibility index (Phi) is 3.73. The van der Waals surface area contributed by atoms with Crippen LogP contribution < -0.4 is 11.5 Å². The summed E-state index contributed by atoms with van der Waals surface area (Å²) in [6.45, 7) is 3.45. The largest absolute Gasteiger partial charge is 0.368 e. The fraction of sp³-hybridized carbons (Fsp3) is 0.923. The van der Waals surface area contributed by atoms with E-state index in [1.54, 1.807) is 0 Å². The van der Waals surface area contributed by atoms with Crippen LogP contribution in [0.1, 0.15) is 51.9 Å². The van der Waals surface area contributed by atoms with Gasteiger partial charge in [-0.2, -0.15) is 0 Å².